The zero-order chi connectivity index (χ0) is 23.5. The van der Waals surface area contributed by atoms with Gasteiger partial charge in [-0.15, -0.1) is 32.9 Å². The number of thiophene rings is 2. The van der Waals surface area contributed by atoms with E-state index in [0.29, 0.717) is 15.7 Å². The number of ether oxygens (including phenoxy) is 1. The first-order valence-corrected chi connectivity index (χ1v) is 13.7. The Morgan fingerprint density at radius 3 is 2.79 bits per heavy atom. The first kappa shape index (κ1) is 24.0. The molecule has 4 rings (SSSR count). The monoisotopic (exact) mass is 504 g/mol. The number of esters is 1. The van der Waals surface area contributed by atoms with E-state index >= 15 is 0 Å². The molecule has 0 fully saturated rings. The van der Waals surface area contributed by atoms with Crippen molar-refractivity contribution in [2.75, 3.05) is 18.2 Å². The van der Waals surface area contributed by atoms with Gasteiger partial charge in [0.05, 0.1) is 18.4 Å². The first-order valence-electron chi connectivity index (χ1n) is 11.1. The van der Waals surface area contributed by atoms with Crippen molar-refractivity contribution in [1.82, 2.24) is 14.8 Å². The zero-order valence-electron chi connectivity index (χ0n) is 19.3. The molecule has 0 saturated heterocycles. The minimum atomic E-state index is -0.381. The Morgan fingerprint density at radius 2 is 2.03 bits per heavy atom. The van der Waals surface area contributed by atoms with E-state index in [2.05, 4.69) is 34.7 Å². The molecular formula is C23H28N4O3S3. The van der Waals surface area contributed by atoms with Crippen LogP contribution < -0.4 is 5.32 Å². The minimum Gasteiger partial charge on any atom is -0.465 e. The van der Waals surface area contributed by atoms with Crippen LogP contribution in [0.2, 0.25) is 0 Å². The van der Waals surface area contributed by atoms with Crippen molar-refractivity contribution in [3.05, 3.63) is 31.8 Å². The number of aromatic nitrogens is 3. The summed E-state index contributed by atoms with van der Waals surface area (Å²) in [5, 5.41) is 15.0. The molecule has 0 saturated carbocycles. The van der Waals surface area contributed by atoms with Crippen LogP contribution in [0, 0.1) is 6.92 Å². The molecular weight excluding hydrogens is 476 g/mol. The lowest BCUT2D eigenvalue weighted by Crippen LogP contribution is -2.16. The number of carbonyl (C=O) groups is 2. The van der Waals surface area contributed by atoms with Gasteiger partial charge in [-0.25, -0.2) is 4.79 Å². The molecule has 0 aliphatic heterocycles. The van der Waals surface area contributed by atoms with Crippen molar-refractivity contribution in [2.24, 2.45) is 7.05 Å². The summed E-state index contributed by atoms with van der Waals surface area (Å²) in [5.74, 6) is 0.437. The number of nitrogens with zero attached hydrogens (tertiary/aromatic N) is 3. The molecule has 33 heavy (non-hydrogen) atoms. The predicted molar refractivity (Wildman–Crippen MR) is 135 cm³/mol. The lowest BCUT2D eigenvalue weighted by Gasteiger charge is -2.08. The van der Waals surface area contributed by atoms with Gasteiger partial charge >= 0.3 is 5.97 Å². The van der Waals surface area contributed by atoms with E-state index in [9.17, 15) is 9.59 Å². The summed E-state index contributed by atoms with van der Waals surface area (Å²) in [5.41, 5.74) is 3.97. The van der Waals surface area contributed by atoms with Gasteiger partial charge < -0.3 is 14.6 Å². The van der Waals surface area contributed by atoms with Crippen molar-refractivity contribution >= 4 is 51.3 Å². The van der Waals surface area contributed by atoms with Crippen molar-refractivity contribution in [3.63, 3.8) is 0 Å². The van der Waals surface area contributed by atoms with Gasteiger partial charge in [-0.2, -0.15) is 0 Å². The Kier molecular flexibility index (Phi) is 7.55. The van der Waals surface area contributed by atoms with Crippen LogP contribution in [0.4, 0.5) is 5.00 Å². The number of hydrogen-bond acceptors (Lipinski definition) is 8. The molecule has 7 nitrogen and oxygen atoms in total. The van der Waals surface area contributed by atoms with Crippen LogP contribution >= 0.6 is 34.4 Å². The van der Waals surface area contributed by atoms with Crippen LogP contribution in [-0.2, 0) is 35.8 Å². The Morgan fingerprint density at radius 1 is 1.24 bits per heavy atom. The highest BCUT2D eigenvalue weighted by Crippen LogP contribution is 2.38. The van der Waals surface area contributed by atoms with Crippen molar-refractivity contribution in [3.8, 4) is 11.4 Å². The Balaban J connectivity index is 1.48. The average Bonchev–Trinajstić information content (AvgIpc) is 3.40. The van der Waals surface area contributed by atoms with E-state index < -0.39 is 0 Å². The summed E-state index contributed by atoms with van der Waals surface area (Å²) >= 11 is 4.56. The highest BCUT2D eigenvalue weighted by Gasteiger charge is 2.26. The summed E-state index contributed by atoms with van der Waals surface area (Å²) in [6.45, 7) is 4.26. The molecule has 3 heterocycles. The SMILES string of the molecule is CCc1c(-c2nnc(SCC(=O)Nc3sc4c(c3C(=O)OC)CCCCC4)n2C)csc1C. The third-order valence-electron chi connectivity index (χ3n) is 5.93. The van der Waals surface area contributed by atoms with E-state index in [-0.39, 0.29) is 17.6 Å². The van der Waals surface area contributed by atoms with Gasteiger partial charge in [-0.1, -0.05) is 25.1 Å². The van der Waals surface area contributed by atoms with Crippen molar-refractivity contribution in [1.29, 1.82) is 0 Å². The molecule has 0 radical (unpaired) electrons. The molecule has 1 amide bonds. The highest BCUT2D eigenvalue weighted by atomic mass is 32.2. The number of nitrogens with one attached hydrogen (secondary N) is 1. The van der Waals surface area contributed by atoms with Gasteiger partial charge in [0.15, 0.2) is 11.0 Å². The van der Waals surface area contributed by atoms with Crippen molar-refractivity contribution < 1.29 is 14.3 Å². The number of thioether (sulfide) groups is 1. The largest absolute Gasteiger partial charge is 0.465 e. The third-order valence-corrected chi connectivity index (χ3v) is 9.11. The lowest BCUT2D eigenvalue weighted by atomic mass is 10.1. The van der Waals surface area contributed by atoms with Gasteiger partial charge in [-0.3, -0.25) is 4.79 Å². The van der Waals surface area contributed by atoms with Gasteiger partial charge in [0, 0.05) is 27.7 Å². The molecule has 0 bridgehead atoms. The Hall–Kier alpha value is -2.17. The van der Waals surface area contributed by atoms with Crippen molar-refractivity contribution in [2.45, 2.75) is 57.5 Å². The summed E-state index contributed by atoms with van der Waals surface area (Å²) < 4.78 is 6.96. The number of hydrogen-bond donors (Lipinski definition) is 1. The molecule has 1 N–H and O–H groups in total. The number of amides is 1. The minimum absolute atomic E-state index is 0.174. The lowest BCUT2D eigenvalue weighted by molar-refractivity contribution is -0.113. The second kappa shape index (κ2) is 10.4. The molecule has 0 atom stereocenters. The standard InChI is InChI=1S/C23H28N4O3S3/c1-5-14-13(2)31-11-16(14)20-25-26-23(27(20)3)32-12-18(28)24-21-19(22(29)30-4)15-9-7-6-8-10-17(15)33-21/h11H,5-10,12H2,1-4H3,(H,24,28). The fourth-order valence-corrected chi connectivity index (χ4v) is 7.17. The summed E-state index contributed by atoms with van der Waals surface area (Å²) in [4.78, 5) is 27.8. The molecule has 176 valence electrons. The van der Waals surface area contributed by atoms with E-state index in [1.54, 1.807) is 11.3 Å². The molecule has 3 aromatic heterocycles. The Labute approximate surface area is 206 Å². The number of carbonyl (C=O) groups excluding carboxylic acids is 2. The van der Waals surface area contributed by atoms with E-state index in [4.69, 9.17) is 4.74 Å². The molecule has 0 unspecified atom stereocenters. The maximum absolute atomic E-state index is 12.8. The normalized spacial score (nSPS) is 13.5. The van der Waals surface area contributed by atoms with Gasteiger partial charge in [0.25, 0.3) is 0 Å². The predicted octanol–water partition coefficient (Wildman–Crippen LogP) is 5.26. The van der Waals surface area contributed by atoms with Gasteiger partial charge in [-0.05, 0) is 50.2 Å². The van der Waals surface area contributed by atoms with Crippen LogP contribution in [0.15, 0.2) is 10.5 Å². The molecule has 0 aromatic carbocycles. The topological polar surface area (TPSA) is 86.1 Å². The highest BCUT2D eigenvalue weighted by molar-refractivity contribution is 7.99. The van der Waals surface area contributed by atoms with E-state index in [1.807, 2.05) is 11.6 Å². The zero-order valence-corrected chi connectivity index (χ0v) is 21.8. The number of aryl methyl sites for hydroxylation is 2. The second-order valence-electron chi connectivity index (χ2n) is 8.00. The fraction of sp³-hybridized carbons (Fsp3) is 0.478. The number of methoxy groups -OCH3 is 1. The van der Waals surface area contributed by atoms with E-state index in [0.717, 1.165) is 55.5 Å². The fourth-order valence-electron chi connectivity index (χ4n) is 4.22. The van der Waals surface area contributed by atoms with Gasteiger partial charge in [0.2, 0.25) is 5.91 Å². The first-order chi connectivity index (χ1) is 15.9. The van der Waals surface area contributed by atoms with E-state index in [1.165, 1.54) is 45.5 Å². The smallest absolute Gasteiger partial charge is 0.341 e. The second-order valence-corrected chi connectivity index (χ2v) is 11.1. The average molecular weight is 505 g/mol. The maximum Gasteiger partial charge on any atom is 0.341 e. The molecule has 3 aromatic rings. The molecule has 0 spiro atoms. The van der Waals surface area contributed by atoms with Crippen LogP contribution in [-0.4, -0.2) is 39.5 Å². The number of fused-ring (bicyclic) bond motifs is 1. The number of anilines is 1. The van der Waals surface area contributed by atoms with Gasteiger partial charge in [0.1, 0.15) is 5.00 Å². The summed E-state index contributed by atoms with van der Waals surface area (Å²) in [6.07, 6.45) is 6.05. The summed E-state index contributed by atoms with van der Waals surface area (Å²) in [7, 11) is 3.31. The quantitative estimate of drug-likeness (QED) is 0.268. The maximum atomic E-state index is 12.8. The van der Waals surface area contributed by atoms with Crippen LogP contribution in [0.25, 0.3) is 11.4 Å². The third kappa shape index (κ3) is 4.88. The molecule has 1 aliphatic carbocycles. The van der Waals surface area contributed by atoms with Crippen LogP contribution in [0.1, 0.15) is 57.4 Å². The van der Waals surface area contributed by atoms with Crippen LogP contribution in [0.3, 0.4) is 0 Å². The summed E-state index contributed by atoms with van der Waals surface area (Å²) in [6, 6.07) is 0. The molecule has 10 heteroatoms. The molecule has 1 aliphatic rings. The van der Waals surface area contributed by atoms with Crippen LogP contribution in [0.5, 0.6) is 0 Å². The Bertz CT molecular complexity index is 1180. The number of rotatable bonds is 7.